The monoisotopic (exact) mass is 338 g/mol. The maximum absolute atomic E-state index is 12.4. The highest BCUT2D eigenvalue weighted by atomic mass is 16.5. The topological polar surface area (TPSA) is 65.7 Å². The summed E-state index contributed by atoms with van der Waals surface area (Å²) in [5.74, 6) is -0.0272. The maximum atomic E-state index is 12.4. The largest absolute Gasteiger partial charge is 0.493 e. The number of hydrogen-bond acceptors (Lipinski definition) is 5. The lowest BCUT2D eigenvalue weighted by Crippen LogP contribution is -2.09. The lowest BCUT2D eigenvalue weighted by Gasteiger charge is -2.11. The van der Waals surface area contributed by atoms with Crippen molar-refractivity contribution in [3.05, 3.63) is 75.6 Å². The molecule has 3 rings (SSSR count). The van der Waals surface area contributed by atoms with E-state index in [4.69, 9.17) is 13.9 Å². The van der Waals surface area contributed by atoms with E-state index in [0.29, 0.717) is 29.1 Å². The number of fused-ring (bicyclic) bond motifs is 1. The number of rotatable bonds is 5. The number of para-hydroxylation sites is 1. The van der Waals surface area contributed by atoms with Gasteiger partial charge in [-0.25, -0.2) is 9.59 Å². The standard InChI is InChI=1S/C20H18O5/c1-3-23-17-7-5-4-6-16(17)20(22)24-12-14-11-19(21)25-18-10-13(2)8-9-15(14)18/h4-11H,3,12H2,1-2H3. The van der Waals surface area contributed by atoms with Gasteiger partial charge in [0.1, 0.15) is 23.5 Å². The molecule has 3 aromatic rings. The van der Waals surface area contributed by atoms with Crippen molar-refractivity contribution >= 4 is 16.9 Å². The highest BCUT2D eigenvalue weighted by molar-refractivity contribution is 5.92. The van der Waals surface area contributed by atoms with Gasteiger partial charge in [-0.15, -0.1) is 0 Å². The van der Waals surface area contributed by atoms with Crippen LogP contribution in [0.5, 0.6) is 5.75 Å². The Bertz CT molecular complexity index is 971. The Kier molecular flexibility index (Phi) is 4.84. The lowest BCUT2D eigenvalue weighted by molar-refractivity contribution is 0.0469. The Morgan fingerprint density at radius 3 is 2.72 bits per heavy atom. The molecule has 0 spiro atoms. The van der Waals surface area contributed by atoms with Crippen LogP contribution in [0.25, 0.3) is 11.0 Å². The smallest absolute Gasteiger partial charge is 0.342 e. The van der Waals surface area contributed by atoms with E-state index >= 15 is 0 Å². The zero-order chi connectivity index (χ0) is 17.8. The van der Waals surface area contributed by atoms with E-state index in [0.717, 1.165) is 10.9 Å². The Labute approximate surface area is 144 Å². The van der Waals surface area contributed by atoms with Crippen LogP contribution in [0, 0.1) is 6.92 Å². The Hall–Kier alpha value is -3.08. The van der Waals surface area contributed by atoms with Crippen molar-refractivity contribution in [2.45, 2.75) is 20.5 Å². The van der Waals surface area contributed by atoms with Crippen molar-refractivity contribution in [3.8, 4) is 5.75 Å². The average molecular weight is 338 g/mol. The van der Waals surface area contributed by atoms with Gasteiger partial charge in [-0.2, -0.15) is 0 Å². The molecule has 0 unspecified atom stereocenters. The second kappa shape index (κ2) is 7.21. The fraction of sp³-hybridized carbons (Fsp3) is 0.200. The summed E-state index contributed by atoms with van der Waals surface area (Å²) in [6, 6.07) is 13.8. The van der Waals surface area contributed by atoms with Gasteiger partial charge >= 0.3 is 11.6 Å². The minimum absolute atomic E-state index is 0.0234. The SMILES string of the molecule is CCOc1ccccc1C(=O)OCc1cc(=O)oc2cc(C)ccc12. The van der Waals surface area contributed by atoms with E-state index < -0.39 is 11.6 Å². The summed E-state index contributed by atoms with van der Waals surface area (Å²) < 4.78 is 16.1. The molecule has 0 fully saturated rings. The highest BCUT2D eigenvalue weighted by Crippen LogP contribution is 2.22. The molecule has 5 heteroatoms. The number of hydrogen-bond donors (Lipinski definition) is 0. The summed E-state index contributed by atoms with van der Waals surface area (Å²) in [6.07, 6.45) is 0. The quantitative estimate of drug-likeness (QED) is 0.522. The van der Waals surface area contributed by atoms with Crippen LogP contribution < -0.4 is 10.4 Å². The van der Waals surface area contributed by atoms with Crippen molar-refractivity contribution in [1.29, 1.82) is 0 Å². The number of carbonyl (C=O) groups is 1. The maximum Gasteiger partial charge on any atom is 0.342 e. The zero-order valence-electron chi connectivity index (χ0n) is 14.1. The first-order valence-electron chi connectivity index (χ1n) is 8.01. The number of ether oxygens (including phenoxy) is 2. The Morgan fingerprint density at radius 2 is 1.92 bits per heavy atom. The number of carbonyl (C=O) groups excluding carboxylic acids is 1. The van der Waals surface area contributed by atoms with Gasteiger partial charge in [0.05, 0.1) is 6.61 Å². The third kappa shape index (κ3) is 3.71. The van der Waals surface area contributed by atoms with Crippen molar-refractivity contribution in [2.75, 3.05) is 6.61 Å². The third-order valence-corrected chi connectivity index (χ3v) is 3.75. The molecule has 0 N–H and O–H groups in total. The minimum atomic E-state index is -0.502. The van der Waals surface area contributed by atoms with E-state index in [1.165, 1.54) is 6.07 Å². The van der Waals surface area contributed by atoms with Crippen LogP contribution in [0.15, 0.2) is 57.7 Å². The van der Waals surface area contributed by atoms with Crippen LogP contribution in [0.4, 0.5) is 0 Å². The normalized spacial score (nSPS) is 10.6. The molecule has 1 aromatic heterocycles. The molecule has 0 aliphatic heterocycles. The first-order valence-corrected chi connectivity index (χ1v) is 8.01. The molecule has 0 atom stereocenters. The molecular formula is C20H18O5. The van der Waals surface area contributed by atoms with Crippen LogP contribution in [0.2, 0.25) is 0 Å². The minimum Gasteiger partial charge on any atom is -0.493 e. The van der Waals surface area contributed by atoms with Crippen LogP contribution in [-0.4, -0.2) is 12.6 Å². The first kappa shape index (κ1) is 16.8. The molecule has 0 saturated heterocycles. The van der Waals surface area contributed by atoms with Crippen molar-refractivity contribution < 1.29 is 18.7 Å². The van der Waals surface area contributed by atoms with E-state index in [1.54, 1.807) is 30.3 Å². The van der Waals surface area contributed by atoms with Crippen molar-refractivity contribution in [3.63, 3.8) is 0 Å². The lowest BCUT2D eigenvalue weighted by atomic mass is 10.1. The summed E-state index contributed by atoms with van der Waals surface area (Å²) in [4.78, 5) is 24.1. The van der Waals surface area contributed by atoms with Gasteiger partial charge in [0.2, 0.25) is 0 Å². The molecule has 0 radical (unpaired) electrons. The van der Waals surface area contributed by atoms with E-state index in [2.05, 4.69) is 0 Å². The van der Waals surface area contributed by atoms with Gasteiger partial charge in [0.25, 0.3) is 0 Å². The second-order valence-electron chi connectivity index (χ2n) is 5.60. The van der Waals surface area contributed by atoms with E-state index in [9.17, 15) is 9.59 Å². The number of esters is 1. The second-order valence-corrected chi connectivity index (χ2v) is 5.60. The molecule has 0 saturated carbocycles. The molecule has 25 heavy (non-hydrogen) atoms. The van der Waals surface area contributed by atoms with E-state index in [-0.39, 0.29) is 6.61 Å². The van der Waals surface area contributed by atoms with Crippen LogP contribution >= 0.6 is 0 Å². The van der Waals surface area contributed by atoms with Crippen LogP contribution in [-0.2, 0) is 11.3 Å². The molecule has 0 aliphatic rings. The van der Waals surface area contributed by atoms with Gasteiger partial charge in [0.15, 0.2) is 0 Å². The molecule has 5 nitrogen and oxygen atoms in total. The van der Waals surface area contributed by atoms with Gasteiger partial charge in [0, 0.05) is 17.0 Å². The van der Waals surface area contributed by atoms with E-state index in [1.807, 2.05) is 26.0 Å². The van der Waals surface area contributed by atoms with Crippen LogP contribution in [0.3, 0.4) is 0 Å². The molecule has 0 bridgehead atoms. The summed E-state index contributed by atoms with van der Waals surface area (Å²) >= 11 is 0. The van der Waals surface area contributed by atoms with Crippen LogP contribution in [0.1, 0.15) is 28.4 Å². The summed E-state index contributed by atoms with van der Waals surface area (Å²) in [5.41, 5.74) is 1.95. The van der Waals surface area contributed by atoms with Gasteiger partial charge < -0.3 is 13.9 Å². The summed E-state index contributed by atoms with van der Waals surface area (Å²) in [7, 11) is 0. The number of benzene rings is 2. The summed E-state index contributed by atoms with van der Waals surface area (Å²) in [6.45, 7) is 4.19. The number of aryl methyl sites for hydroxylation is 1. The van der Waals surface area contributed by atoms with Crippen molar-refractivity contribution in [1.82, 2.24) is 0 Å². The predicted molar refractivity (Wildman–Crippen MR) is 94.0 cm³/mol. The van der Waals surface area contributed by atoms with Gasteiger partial charge in [-0.1, -0.05) is 24.3 Å². The fourth-order valence-electron chi connectivity index (χ4n) is 2.59. The molecule has 1 heterocycles. The highest BCUT2D eigenvalue weighted by Gasteiger charge is 2.15. The molecule has 128 valence electrons. The molecule has 0 aliphatic carbocycles. The third-order valence-electron chi connectivity index (χ3n) is 3.75. The molecule has 2 aromatic carbocycles. The predicted octanol–water partition coefficient (Wildman–Crippen LogP) is 3.86. The molecule has 0 amide bonds. The summed E-state index contributed by atoms with van der Waals surface area (Å²) in [5, 5.41) is 0.746. The first-order chi connectivity index (χ1) is 12.1. The van der Waals surface area contributed by atoms with Crippen molar-refractivity contribution in [2.24, 2.45) is 0 Å². The molecular weight excluding hydrogens is 320 g/mol. The average Bonchev–Trinajstić information content (AvgIpc) is 2.59. The van der Waals surface area contributed by atoms with Gasteiger partial charge in [-0.05, 0) is 37.6 Å². The van der Waals surface area contributed by atoms with Gasteiger partial charge in [-0.3, -0.25) is 0 Å². The zero-order valence-corrected chi connectivity index (χ0v) is 14.1. The Balaban J connectivity index is 1.86. The Morgan fingerprint density at radius 1 is 1.12 bits per heavy atom. The fourth-order valence-corrected chi connectivity index (χ4v) is 2.59.